The fourth-order valence-electron chi connectivity index (χ4n) is 2.93. The Morgan fingerprint density at radius 1 is 1.24 bits per heavy atom. The van der Waals surface area contributed by atoms with Crippen LogP contribution in [0.4, 0.5) is 5.13 Å². The molecule has 150 valence electrons. The molecule has 4 rings (SSSR count). The minimum absolute atomic E-state index is 0.157. The molecular formula is C19H18N4O4S2. The number of amidine groups is 1. The van der Waals surface area contributed by atoms with Gasteiger partial charge >= 0.3 is 0 Å². The monoisotopic (exact) mass is 430 g/mol. The molecule has 1 aliphatic heterocycles. The van der Waals surface area contributed by atoms with Gasteiger partial charge in [0.05, 0.1) is 11.2 Å². The highest BCUT2D eigenvalue weighted by molar-refractivity contribution is 7.90. The summed E-state index contributed by atoms with van der Waals surface area (Å²) < 4.78 is 32.3. The van der Waals surface area contributed by atoms with Crippen molar-refractivity contribution >= 4 is 38.2 Å². The number of carbonyl (C=O) groups excluding carboxylic acids is 1. The zero-order valence-electron chi connectivity index (χ0n) is 15.6. The second kappa shape index (κ2) is 7.45. The molecule has 1 atom stereocenters. The standard InChI is InChI=1S/C19H18N4O4S2/c1-11(2)16(21-17-12-6-3-4-8-15(12)29(25,26)23-17)18(24)22-19-20-13(10-28-19)14-7-5-9-27-14/h3-11,16H,1-2H3,(H,21,23)(H,20,22,24)/t16-/m0/s1. The van der Waals surface area contributed by atoms with Crippen LogP contribution in [-0.4, -0.2) is 31.2 Å². The van der Waals surface area contributed by atoms with Crippen molar-refractivity contribution in [2.24, 2.45) is 10.9 Å². The Kier molecular flexibility index (Phi) is 4.97. The topological polar surface area (TPSA) is 114 Å². The summed E-state index contributed by atoms with van der Waals surface area (Å²) in [5, 5.41) is 4.97. The van der Waals surface area contributed by atoms with E-state index in [4.69, 9.17) is 4.42 Å². The van der Waals surface area contributed by atoms with E-state index in [1.54, 1.807) is 42.0 Å². The lowest BCUT2D eigenvalue weighted by Gasteiger charge is -2.16. The Bertz CT molecular complexity index is 1180. The summed E-state index contributed by atoms with van der Waals surface area (Å²) >= 11 is 1.27. The molecule has 0 saturated heterocycles. The van der Waals surface area contributed by atoms with E-state index in [-0.39, 0.29) is 22.6 Å². The molecule has 1 aliphatic rings. The smallest absolute Gasteiger partial charge is 0.263 e. The van der Waals surface area contributed by atoms with E-state index in [1.807, 2.05) is 13.8 Å². The minimum Gasteiger partial charge on any atom is -0.463 e. The molecule has 1 amide bonds. The molecule has 3 heterocycles. The van der Waals surface area contributed by atoms with Crippen molar-refractivity contribution in [3.8, 4) is 11.5 Å². The maximum Gasteiger partial charge on any atom is 0.263 e. The molecule has 0 radical (unpaired) electrons. The van der Waals surface area contributed by atoms with E-state index < -0.39 is 16.1 Å². The molecule has 3 aromatic rings. The average Bonchev–Trinajstić information content (AvgIpc) is 3.40. The molecule has 0 saturated carbocycles. The molecule has 2 aromatic heterocycles. The third-order valence-electron chi connectivity index (χ3n) is 4.34. The first-order valence-corrected chi connectivity index (χ1v) is 11.2. The fourth-order valence-corrected chi connectivity index (χ4v) is 4.87. The van der Waals surface area contributed by atoms with Gasteiger partial charge in [0.25, 0.3) is 15.9 Å². The molecule has 2 N–H and O–H groups in total. The predicted octanol–water partition coefficient (Wildman–Crippen LogP) is 3.10. The molecular weight excluding hydrogens is 412 g/mol. The van der Waals surface area contributed by atoms with Crippen molar-refractivity contribution in [1.82, 2.24) is 9.71 Å². The molecule has 8 nitrogen and oxygen atoms in total. The van der Waals surface area contributed by atoms with Crippen molar-refractivity contribution in [3.63, 3.8) is 0 Å². The van der Waals surface area contributed by atoms with E-state index in [0.29, 0.717) is 22.1 Å². The summed E-state index contributed by atoms with van der Waals surface area (Å²) in [5.41, 5.74) is 1.08. The highest BCUT2D eigenvalue weighted by atomic mass is 32.2. The zero-order valence-corrected chi connectivity index (χ0v) is 17.3. The van der Waals surface area contributed by atoms with Crippen LogP contribution in [0, 0.1) is 5.92 Å². The van der Waals surface area contributed by atoms with Crippen molar-refractivity contribution in [1.29, 1.82) is 0 Å². The number of benzene rings is 1. The predicted molar refractivity (Wildman–Crippen MR) is 110 cm³/mol. The van der Waals surface area contributed by atoms with E-state index in [2.05, 4.69) is 20.0 Å². The molecule has 0 spiro atoms. The number of carbonyl (C=O) groups is 1. The Labute approximate surface area is 171 Å². The molecule has 0 bridgehead atoms. The largest absolute Gasteiger partial charge is 0.463 e. The number of furan rings is 1. The van der Waals surface area contributed by atoms with Crippen LogP contribution in [0.3, 0.4) is 0 Å². The highest BCUT2D eigenvalue weighted by Crippen LogP contribution is 2.26. The second-order valence-electron chi connectivity index (χ2n) is 6.77. The molecule has 0 aliphatic carbocycles. The summed E-state index contributed by atoms with van der Waals surface area (Å²) in [6, 6.07) is 9.30. The first kappa shape index (κ1) is 19.3. The normalized spacial score (nSPS) is 17.1. The molecule has 10 heteroatoms. The van der Waals surface area contributed by atoms with Gasteiger partial charge in [-0.2, -0.15) is 0 Å². The van der Waals surface area contributed by atoms with Crippen LogP contribution in [-0.2, 0) is 14.8 Å². The second-order valence-corrected chi connectivity index (χ2v) is 9.28. The molecule has 0 unspecified atom stereocenters. The summed E-state index contributed by atoms with van der Waals surface area (Å²) in [6.45, 7) is 3.69. The quantitative estimate of drug-likeness (QED) is 0.646. The van der Waals surface area contributed by atoms with Gasteiger partial charge in [-0.05, 0) is 30.2 Å². The fraction of sp³-hybridized carbons (Fsp3) is 0.211. The van der Waals surface area contributed by atoms with E-state index >= 15 is 0 Å². The van der Waals surface area contributed by atoms with E-state index in [0.717, 1.165) is 0 Å². The van der Waals surface area contributed by atoms with Crippen LogP contribution in [0.5, 0.6) is 0 Å². The molecule has 0 fully saturated rings. The maximum absolute atomic E-state index is 12.9. The van der Waals surface area contributed by atoms with Crippen LogP contribution < -0.4 is 10.0 Å². The molecule has 1 aromatic carbocycles. The Hall–Kier alpha value is -2.98. The first-order valence-electron chi connectivity index (χ1n) is 8.85. The van der Waals surface area contributed by atoms with E-state index in [1.165, 1.54) is 17.4 Å². The number of hydrogen-bond donors (Lipinski definition) is 2. The maximum atomic E-state index is 12.9. The van der Waals surface area contributed by atoms with Gasteiger partial charge in [0.15, 0.2) is 10.9 Å². The number of anilines is 1. The Morgan fingerprint density at radius 2 is 2.03 bits per heavy atom. The van der Waals surface area contributed by atoms with Crippen molar-refractivity contribution in [2.45, 2.75) is 24.8 Å². The summed E-state index contributed by atoms with van der Waals surface area (Å²) in [5.74, 6) is 0.255. The number of aliphatic imine (C=N–C) groups is 1. The van der Waals surface area contributed by atoms with Crippen LogP contribution in [0.1, 0.15) is 19.4 Å². The lowest BCUT2D eigenvalue weighted by Crippen LogP contribution is -2.34. The van der Waals surface area contributed by atoms with Crippen LogP contribution >= 0.6 is 11.3 Å². The number of aromatic nitrogens is 1. The van der Waals surface area contributed by atoms with Gasteiger partial charge in [-0.15, -0.1) is 11.3 Å². The van der Waals surface area contributed by atoms with Gasteiger partial charge in [0, 0.05) is 10.9 Å². The number of nitrogens with one attached hydrogen (secondary N) is 2. The lowest BCUT2D eigenvalue weighted by atomic mass is 10.0. The van der Waals surface area contributed by atoms with Crippen LogP contribution in [0.15, 0.2) is 62.3 Å². The summed E-state index contributed by atoms with van der Waals surface area (Å²) in [7, 11) is -3.67. The number of hydrogen-bond acceptors (Lipinski definition) is 7. The number of sulfonamides is 1. The Morgan fingerprint density at radius 3 is 2.76 bits per heavy atom. The summed E-state index contributed by atoms with van der Waals surface area (Å²) in [6.07, 6.45) is 1.55. The van der Waals surface area contributed by atoms with Crippen molar-refractivity contribution in [3.05, 3.63) is 53.6 Å². The molecule has 29 heavy (non-hydrogen) atoms. The van der Waals surface area contributed by atoms with Crippen molar-refractivity contribution in [2.75, 3.05) is 5.32 Å². The third kappa shape index (κ3) is 3.81. The van der Waals surface area contributed by atoms with Gasteiger partial charge in [-0.25, -0.2) is 13.4 Å². The number of thiazole rings is 1. The van der Waals surface area contributed by atoms with Gasteiger partial charge in [0.2, 0.25) is 0 Å². The van der Waals surface area contributed by atoms with Gasteiger partial charge in [0.1, 0.15) is 17.6 Å². The van der Waals surface area contributed by atoms with Gasteiger partial charge < -0.3 is 9.73 Å². The van der Waals surface area contributed by atoms with Crippen LogP contribution in [0.25, 0.3) is 11.5 Å². The number of fused-ring (bicyclic) bond motifs is 1. The van der Waals surface area contributed by atoms with Gasteiger partial charge in [-0.3, -0.25) is 14.5 Å². The number of nitrogens with zero attached hydrogens (tertiary/aromatic N) is 2. The Balaban J connectivity index is 1.59. The van der Waals surface area contributed by atoms with Gasteiger partial charge in [-0.1, -0.05) is 26.0 Å². The lowest BCUT2D eigenvalue weighted by molar-refractivity contribution is -0.118. The van der Waals surface area contributed by atoms with Crippen molar-refractivity contribution < 1.29 is 17.6 Å². The minimum atomic E-state index is -3.67. The number of amides is 1. The summed E-state index contributed by atoms with van der Waals surface area (Å²) in [4.78, 5) is 21.8. The third-order valence-corrected chi connectivity index (χ3v) is 6.49. The zero-order chi connectivity index (χ0) is 20.6. The average molecular weight is 431 g/mol. The highest BCUT2D eigenvalue weighted by Gasteiger charge is 2.32. The van der Waals surface area contributed by atoms with Crippen LogP contribution in [0.2, 0.25) is 0 Å². The number of rotatable bonds is 5. The SMILES string of the molecule is CC(C)[C@H](N=C1NS(=O)(=O)c2ccccc21)C(=O)Nc1nc(-c2ccco2)cs1. The first-order chi connectivity index (χ1) is 13.8. The van der Waals surface area contributed by atoms with E-state index in [9.17, 15) is 13.2 Å².